The summed E-state index contributed by atoms with van der Waals surface area (Å²) in [5, 5.41) is 46.0. The van der Waals surface area contributed by atoms with E-state index in [1.807, 2.05) is 103 Å². The van der Waals surface area contributed by atoms with Gasteiger partial charge in [0, 0.05) is 104 Å². The summed E-state index contributed by atoms with van der Waals surface area (Å²) >= 11 is 8.20. The van der Waals surface area contributed by atoms with E-state index in [-0.39, 0.29) is 46.0 Å². The van der Waals surface area contributed by atoms with Crippen LogP contribution in [-0.2, 0) is 80.6 Å². The quantitative estimate of drug-likeness (QED) is 0.0300. The Hall–Kier alpha value is -11.6. The third-order valence-corrected chi connectivity index (χ3v) is 28.8. The lowest BCUT2D eigenvalue weighted by atomic mass is 9.78. The number of ether oxygens (including phenoxy) is 4. The van der Waals surface area contributed by atoms with Crippen molar-refractivity contribution in [3.8, 4) is 51.3 Å². The van der Waals surface area contributed by atoms with Crippen LogP contribution in [0, 0.1) is 29.6 Å². The maximum atomic E-state index is 12.6. The number of nitriles is 1. The van der Waals surface area contributed by atoms with Crippen molar-refractivity contribution in [1.29, 1.82) is 5.26 Å². The van der Waals surface area contributed by atoms with Gasteiger partial charge in [0.2, 0.25) is 0 Å². The molecule has 1 aliphatic carbocycles. The average molecular weight is 1870 g/mol. The van der Waals surface area contributed by atoms with Gasteiger partial charge in [-0.1, -0.05) is 259 Å². The summed E-state index contributed by atoms with van der Waals surface area (Å²) < 4.78 is 50.4. The Bertz CT molecular complexity index is 6050. The summed E-state index contributed by atoms with van der Waals surface area (Å²) in [5.74, 6) is 2.42. The minimum atomic E-state index is -3.81. The van der Waals surface area contributed by atoms with Crippen LogP contribution in [0.2, 0.25) is 5.02 Å². The highest BCUT2D eigenvalue weighted by molar-refractivity contribution is 7.99. The number of carbonyl (C=O) groups excluding carboxylic acids is 2. The van der Waals surface area contributed by atoms with Crippen molar-refractivity contribution in [1.82, 2.24) is 19.5 Å². The van der Waals surface area contributed by atoms with Gasteiger partial charge in [-0.05, 0) is 241 Å². The summed E-state index contributed by atoms with van der Waals surface area (Å²) in [4.78, 5) is 50.1. The van der Waals surface area contributed by atoms with E-state index in [0.717, 1.165) is 195 Å². The van der Waals surface area contributed by atoms with Crippen LogP contribution in [0.4, 0.5) is 0 Å². The molecule has 5 aliphatic heterocycles. The number of methoxy groups -OCH3 is 2. The highest BCUT2D eigenvalue weighted by Gasteiger charge is 2.49. The number of carbonyl (C=O) groups is 4. The van der Waals surface area contributed by atoms with Crippen LogP contribution in [0.1, 0.15) is 249 Å². The van der Waals surface area contributed by atoms with E-state index >= 15 is 0 Å². The Morgan fingerprint density at radius 1 is 0.694 bits per heavy atom. The highest BCUT2D eigenvalue weighted by atomic mass is 35.5. The third kappa shape index (κ3) is 25.1. The molecule has 134 heavy (non-hydrogen) atoms. The third-order valence-electron chi connectivity index (χ3n) is 25.4. The molecule has 0 bridgehead atoms. The molecule has 10 aromatic rings. The number of hydrogen-bond donors (Lipinski definition) is 5. The van der Waals surface area contributed by atoms with Gasteiger partial charge in [-0.2, -0.15) is 5.26 Å². The first kappa shape index (κ1) is 103. The molecule has 9 aromatic carbocycles. The number of aromatic nitrogens is 1. The molecule has 0 spiro atoms. The second kappa shape index (κ2) is 48.0. The highest BCUT2D eigenvalue weighted by Crippen LogP contribution is 2.51. The van der Waals surface area contributed by atoms with Gasteiger partial charge in [0.15, 0.2) is 17.2 Å². The number of ketones is 1. The number of likely N-dealkylation sites (N-methyl/N-ethyl adjacent to an activating group) is 2. The van der Waals surface area contributed by atoms with Gasteiger partial charge >= 0.3 is 11.9 Å². The second-order valence-electron chi connectivity index (χ2n) is 36.3. The van der Waals surface area contributed by atoms with Crippen molar-refractivity contribution in [2.75, 3.05) is 34.4 Å². The van der Waals surface area contributed by atoms with Crippen molar-refractivity contribution in [3.05, 3.63) is 300 Å². The van der Waals surface area contributed by atoms with Crippen LogP contribution < -0.4 is 24.8 Å². The first-order valence-corrected chi connectivity index (χ1v) is 50.3. The van der Waals surface area contributed by atoms with E-state index in [4.69, 9.17) is 30.5 Å². The lowest BCUT2D eigenvalue weighted by molar-refractivity contribution is -0.145. The molecule has 21 heteroatoms. The van der Waals surface area contributed by atoms with Crippen LogP contribution in [0.5, 0.6) is 23.0 Å². The van der Waals surface area contributed by atoms with Crippen molar-refractivity contribution in [2.24, 2.45) is 11.3 Å². The molecule has 1 fully saturated rings. The van der Waals surface area contributed by atoms with Gasteiger partial charge in [0.1, 0.15) is 28.6 Å². The number of carboxylic acid groups (broad SMARTS) is 2. The van der Waals surface area contributed by atoms with Gasteiger partial charge in [0.25, 0.3) is 15.9 Å². The smallest absolute Gasteiger partial charge is 0.309 e. The molecular formula is C113H134ClN5O13S2. The van der Waals surface area contributed by atoms with Crippen molar-refractivity contribution < 1.29 is 61.9 Å². The number of para-hydroxylation sites is 1. The van der Waals surface area contributed by atoms with E-state index in [9.17, 15) is 48.2 Å². The molecule has 3 atom stereocenters. The number of fused-ring (bicyclic) bond motifs is 6. The number of aliphatic hydroxyl groups excluding tert-OH is 1. The van der Waals surface area contributed by atoms with E-state index in [1.54, 1.807) is 45.0 Å². The minimum absolute atomic E-state index is 0.0109. The number of rotatable bonds is 27. The molecule has 16 rings (SSSR count). The second-order valence-corrected chi connectivity index (χ2v) is 39.7. The molecule has 6 heterocycles. The zero-order valence-electron chi connectivity index (χ0n) is 80.7. The van der Waals surface area contributed by atoms with Crippen LogP contribution in [0.3, 0.4) is 0 Å². The molecule has 6 aliphatic rings. The number of benzene rings is 9. The summed E-state index contributed by atoms with van der Waals surface area (Å²) in [5.41, 5.74) is 21.9. The normalized spacial score (nSPS) is 16.9. The van der Waals surface area contributed by atoms with Crippen LogP contribution in [0.15, 0.2) is 237 Å². The number of aryl methyl sites for hydroxylation is 5. The Balaban J connectivity index is 0.000000156. The molecule has 0 radical (unpaired) electrons. The van der Waals surface area contributed by atoms with Crippen LogP contribution in [-0.4, -0.2) is 102 Å². The molecule has 1 saturated carbocycles. The minimum Gasteiger partial charge on any atom is -0.505 e. The zero-order valence-corrected chi connectivity index (χ0v) is 83.1. The number of sulfonamides is 1. The number of aliphatic hydroxyl groups is 1. The topological polar surface area (TPSA) is 256 Å². The molecule has 0 saturated heterocycles. The molecular weight excluding hydrogens is 1730 g/mol. The Morgan fingerprint density at radius 3 is 2.04 bits per heavy atom. The number of halogens is 1. The fourth-order valence-electron chi connectivity index (χ4n) is 18.9. The van der Waals surface area contributed by atoms with Crippen LogP contribution >= 0.6 is 23.4 Å². The van der Waals surface area contributed by atoms with Crippen molar-refractivity contribution >= 4 is 68.3 Å². The number of allylic oxidation sites excluding steroid dienone is 1. The van der Waals surface area contributed by atoms with Gasteiger partial charge in [-0.15, -0.1) is 0 Å². The maximum absolute atomic E-state index is 12.6. The fraction of sp³-hybridized carbons (Fsp3) is 0.389. The van der Waals surface area contributed by atoms with Crippen molar-refractivity contribution in [3.63, 3.8) is 0 Å². The first-order chi connectivity index (χ1) is 64.4. The fourth-order valence-corrected chi connectivity index (χ4v) is 21.7. The standard InChI is InChI=1S/C26H28ClNO2.C23H27NO2.C20H22OS.C17H27NO3.C15H16O.C12H14N2O4S/c1-4-8-18-13-19(11-12-20(18)27)25-21(14-23(29)30)28-16-26(2,3)15-22(28)24(25)17-9-6-5-7-10-17;1-5-7-18-15-19(11-14-22(18)26-4)23(20(16-24)8-6-2)17-9-12-21(25-3)13-10-17;1-4-5-14-6-8-17-18(21)12-16-11-15(13(2)3)7-9-19(16)22-20(17)10-14;1-2-3-9-17(11-15(19)20)16-13(8-10-21-17)12-6-4-5-7-14(12)18-16;1-3-13-10-9-12(2)11-15(13)16-14-7-5-4-6-8-14;1-3-13-12(16)10-11(15)8-6-4-5-7-9(8)19(17,18)14(10)2/h5-7,9-13H,4,8,14-16H2,1-3H3,(H,29,30);9-15H,5-8H2,1-4H3;6-11,13H,4-5,12H2,1-3H3;12,14,18H,2-11H2,1H3,(H,19,20);4-11H,3H2,1-2H3;4-7,15H,3H2,1-2H3,(H,13,16)/b;23-20+;;;;. The number of amides is 1. The van der Waals surface area contributed by atoms with E-state index in [0.29, 0.717) is 37.5 Å². The summed E-state index contributed by atoms with van der Waals surface area (Å²) in [6, 6.07) is 68.8. The number of carboxylic acids is 2. The Morgan fingerprint density at radius 2 is 1.39 bits per heavy atom. The lowest BCUT2D eigenvalue weighted by Crippen LogP contribution is -2.45. The largest absolute Gasteiger partial charge is 0.505 e. The summed E-state index contributed by atoms with van der Waals surface area (Å²) in [7, 11) is 0.788. The van der Waals surface area contributed by atoms with E-state index in [2.05, 4.69) is 170 Å². The lowest BCUT2D eigenvalue weighted by Gasteiger charge is -2.38. The monoisotopic (exact) mass is 1870 g/mol. The Labute approximate surface area is 803 Å². The van der Waals surface area contributed by atoms with Crippen LogP contribution in [0.25, 0.3) is 33.6 Å². The number of nitrogens with one attached hydrogen (secondary N) is 2. The van der Waals surface area contributed by atoms with Gasteiger partial charge < -0.3 is 49.5 Å². The summed E-state index contributed by atoms with van der Waals surface area (Å²) in [6.07, 6.45) is 19.3. The molecule has 1 aromatic heterocycles. The molecule has 5 N–H and O–H groups in total. The van der Waals surface area contributed by atoms with Gasteiger partial charge in [-0.3, -0.25) is 23.5 Å². The Kier molecular flexibility index (Phi) is 36.9. The summed E-state index contributed by atoms with van der Waals surface area (Å²) in [6.45, 7) is 27.4. The average Bonchev–Trinajstić information content (AvgIpc) is 1.31. The molecule has 1 amide bonds. The van der Waals surface area contributed by atoms with Gasteiger partial charge in [0.05, 0.1) is 44.6 Å². The predicted molar refractivity (Wildman–Crippen MR) is 540 cm³/mol. The van der Waals surface area contributed by atoms with E-state index < -0.39 is 33.5 Å². The number of unbranched alkanes of at least 4 members (excludes halogenated alkanes) is 1. The molecule has 18 nitrogen and oxygen atoms in total. The first-order valence-electron chi connectivity index (χ1n) is 47.6. The number of aliphatic carboxylic acids is 2. The maximum Gasteiger partial charge on any atom is 0.309 e. The predicted octanol–water partition coefficient (Wildman–Crippen LogP) is 26.3. The molecule has 3 unspecified atom stereocenters. The van der Waals surface area contributed by atoms with E-state index in [1.165, 1.54) is 100.0 Å². The number of hydrogen-bond acceptors (Lipinski definition) is 14. The SMILES string of the molecule is CCC/C(C#N)=C(/c1ccc(OC)cc1)c1ccc(OC)c(CCC)c1.CCCCC1(CC(=O)O)OCCC2=C1NC1CCCCC21.CCCc1cc(-c2c(-c3ccccc3)c3n(c2CC(=O)O)CC(C)(C)C3)ccc1Cl.CCCc1ccc2c(c1)Sc1ccc(C(C)C)cc1CC2=O.CCNC(=O)C1=C(O)c2ccccc2S(=O)(=O)N1C.CCc1ccc(C)cc1Oc1ccccc1. The van der Waals surface area contributed by atoms with Gasteiger partial charge in [-0.25, -0.2) is 8.42 Å². The number of nitrogens with zero attached hydrogens (tertiary/aromatic N) is 3. The van der Waals surface area contributed by atoms with Crippen molar-refractivity contribution in [2.45, 2.75) is 257 Å². The zero-order chi connectivity index (χ0) is 96.6. The molecule has 708 valence electrons. The number of Topliss-reactive ketones (excluding diaryl/α,β-unsaturated/α-hetero) is 1.